The number of amides is 1. The van der Waals surface area contributed by atoms with E-state index in [0.717, 1.165) is 30.0 Å². The molecule has 0 heterocycles. The number of aryl methyl sites for hydroxylation is 1. The molecule has 2 aromatic rings. The highest BCUT2D eigenvalue weighted by molar-refractivity contribution is 14.0. The Kier molecular flexibility index (Phi) is 12.5. The molecule has 2 aromatic carbocycles. The lowest BCUT2D eigenvalue weighted by Gasteiger charge is -2.13. The van der Waals surface area contributed by atoms with Crippen molar-refractivity contribution in [2.45, 2.75) is 19.8 Å². The SMILES string of the molecule is CCc1cccc(NC(=O)CNC(=NC)Nc2cccc(OCCCOC)c2)c1.I. The van der Waals surface area contributed by atoms with E-state index in [9.17, 15) is 4.79 Å². The van der Waals surface area contributed by atoms with Crippen molar-refractivity contribution in [3.05, 3.63) is 54.1 Å². The zero-order chi connectivity index (χ0) is 20.9. The molecule has 0 aliphatic rings. The summed E-state index contributed by atoms with van der Waals surface area (Å²) >= 11 is 0. The summed E-state index contributed by atoms with van der Waals surface area (Å²) in [7, 11) is 3.33. The first-order chi connectivity index (χ1) is 14.1. The van der Waals surface area contributed by atoms with E-state index < -0.39 is 0 Å². The summed E-state index contributed by atoms with van der Waals surface area (Å²) in [6.45, 7) is 3.43. The second-order valence-electron chi connectivity index (χ2n) is 6.38. The number of halogens is 1. The zero-order valence-corrected chi connectivity index (χ0v) is 20.1. The minimum absolute atomic E-state index is 0. The molecule has 0 saturated heterocycles. The molecule has 7 nitrogen and oxygen atoms in total. The Labute approximate surface area is 195 Å². The van der Waals surface area contributed by atoms with Crippen LogP contribution >= 0.6 is 24.0 Å². The van der Waals surface area contributed by atoms with E-state index in [0.29, 0.717) is 19.2 Å². The van der Waals surface area contributed by atoms with Gasteiger partial charge in [0.25, 0.3) is 0 Å². The Morgan fingerprint density at radius 1 is 1.03 bits per heavy atom. The van der Waals surface area contributed by atoms with Crippen LogP contribution in [0.25, 0.3) is 0 Å². The molecular formula is C22H31IN4O3. The van der Waals surface area contributed by atoms with Gasteiger partial charge in [-0.15, -0.1) is 24.0 Å². The second kappa shape index (κ2) is 14.6. The molecule has 164 valence electrons. The van der Waals surface area contributed by atoms with Crippen LogP contribution in [-0.2, 0) is 16.0 Å². The lowest BCUT2D eigenvalue weighted by Crippen LogP contribution is -2.37. The molecule has 0 aliphatic heterocycles. The van der Waals surface area contributed by atoms with Crippen molar-refractivity contribution in [2.75, 3.05) is 44.5 Å². The Bertz CT molecular complexity index is 814. The lowest BCUT2D eigenvalue weighted by molar-refractivity contribution is -0.115. The maximum atomic E-state index is 12.2. The van der Waals surface area contributed by atoms with Gasteiger partial charge in [0.15, 0.2) is 5.96 Å². The van der Waals surface area contributed by atoms with Crippen LogP contribution in [0, 0.1) is 0 Å². The van der Waals surface area contributed by atoms with Crippen LogP contribution in [0.1, 0.15) is 18.9 Å². The summed E-state index contributed by atoms with van der Waals surface area (Å²) < 4.78 is 10.7. The molecule has 0 spiro atoms. The van der Waals surface area contributed by atoms with E-state index in [1.54, 1.807) is 14.2 Å². The number of guanidine groups is 1. The highest BCUT2D eigenvalue weighted by Crippen LogP contribution is 2.17. The molecule has 1 amide bonds. The number of methoxy groups -OCH3 is 1. The van der Waals surface area contributed by atoms with Crippen LogP contribution in [-0.4, -0.2) is 45.8 Å². The topological polar surface area (TPSA) is 84.0 Å². The number of carbonyl (C=O) groups excluding carboxylic acids is 1. The van der Waals surface area contributed by atoms with Gasteiger partial charge in [-0.2, -0.15) is 0 Å². The van der Waals surface area contributed by atoms with Crippen molar-refractivity contribution in [1.82, 2.24) is 5.32 Å². The van der Waals surface area contributed by atoms with Gasteiger partial charge in [-0.3, -0.25) is 9.79 Å². The summed E-state index contributed by atoms with van der Waals surface area (Å²) in [5.41, 5.74) is 2.79. The number of hydrogen-bond donors (Lipinski definition) is 3. The van der Waals surface area contributed by atoms with Gasteiger partial charge in [0.2, 0.25) is 5.91 Å². The van der Waals surface area contributed by atoms with E-state index in [2.05, 4.69) is 27.9 Å². The first-order valence-corrected chi connectivity index (χ1v) is 9.73. The Hall–Kier alpha value is -2.33. The standard InChI is InChI=1S/C22H30N4O3.HI/c1-4-17-8-5-9-18(14-17)25-21(27)16-24-22(23-2)26-19-10-6-11-20(15-19)29-13-7-12-28-3;/h5-6,8-11,14-15H,4,7,12-13,16H2,1-3H3,(H,25,27)(H2,23,24,26);1H. The van der Waals surface area contributed by atoms with Crippen LogP contribution in [0.4, 0.5) is 11.4 Å². The normalized spacial score (nSPS) is 10.7. The Morgan fingerprint density at radius 3 is 2.47 bits per heavy atom. The van der Waals surface area contributed by atoms with Gasteiger partial charge in [0.05, 0.1) is 13.2 Å². The van der Waals surface area contributed by atoms with E-state index in [4.69, 9.17) is 9.47 Å². The fraction of sp³-hybridized carbons (Fsp3) is 0.364. The van der Waals surface area contributed by atoms with Gasteiger partial charge < -0.3 is 25.4 Å². The number of rotatable bonds is 10. The first kappa shape index (κ1) is 25.7. The molecule has 0 atom stereocenters. The maximum Gasteiger partial charge on any atom is 0.243 e. The van der Waals surface area contributed by atoms with Crippen LogP contribution < -0.4 is 20.7 Å². The molecular weight excluding hydrogens is 495 g/mol. The third-order valence-corrected chi connectivity index (χ3v) is 4.12. The number of hydrogen-bond acceptors (Lipinski definition) is 4. The van der Waals surface area contributed by atoms with Crippen molar-refractivity contribution < 1.29 is 14.3 Å². The number of nitrogens with zero attached hydrogens (tertiary/aromatic N) is 1. The number of aliphatic imine (C=N–C) groups is 1. The third kappa shape index (κ3) is 9.45. The van der Waals surface area contributed by atoms with E-state index in [1.807, 2.05) is 48.5 Å². The number of anilines is 2. The number of nitrogens with one attached hydrogen (secondary N) is 3. The Morgan fingerprint density at radius 2 is 1.77 bits per heavy atom. The largest absolute Gasteiger partial charge is 0.493 e. The lowest BCUT2D eigenvalue weighted by atomic mass is 10.1. The molecule has 0 radical (unpaired) electrons. The fourth-order valence-corrected chi connectivity index (χ4v) is 2.61. The van der Waals surface area contributed by atoms with Crippen molar-refractivity contribution in [1.29, 1.82) is 0 Å². The van der Waals surface area contributed by atoms with Crippen LogP contribution in [0.2, 0.25) is 0 Å². The molecule has 0 aromatic heterocycles. The predicted octanol–water partition coefficient (Wildman–Crippen LogP) is 3.91. The highest BCUT2D eigenvalue weighted by Gasteiger charge is 2.06. The van der Waals surface area contributed by atoms with Gasteiger partial charge in [-0.1, -0.05) is 25.1 Å². The van der Waals surface area contributed by atoms with Crippen molar-refractivity contribution in [2.24, 2.45) is 4.99 Å². The maximum absolute atomic E-state index is 12.2. The molecule has 0 unspecified atom stereocenters. The van der Waals surface area contributed by atoms with Gasteiger partial charge in [0.1, 0.15) is 5.75 Å². The number of benzene rings is 2. The number of carbonyl (C=O) groups is 1. The minimum Gasteiger partial charge on any atom is -0.493 e. The van der Waals surface area contributed by atoms with Crippen molar-refractivity contribution in [3.63, 3.8) is 0 Å². The average molecular weight is 526 g/mol. The molecule has 30 heavy (non-hydrogen) atoms. The van der Waals surface area contributed by atoms with Gasteiger partial charge >= 0.3 is 0 Å². The number of ether oxygens (including phenoxy) is 2. The van der Waals surface area contributed by atoms with E-state index in [-0.39, 0.29) is 36.4 Å². The molecule has 0 saturated carbocycles. The summed E-state index contributed by atoms with van der Waals surface area (Å²) in [5, 5.41) is 9.07. The average Bonchev–Trinajstić information content (AvgIpc) is 2.74. The fourth-order valence-electron chi connectivity index (χ4n) is 2.61. The summed E-state index contributed by atoms with van der Waals surface area (Å²) in [6.07, 6.45) is 1.75. The molecule has 0 fully saturated rings. The predicted molar refractivity (Wildman–Crippen MR) is 133 cm³/mol. The van der Waals surface area contributed by atoms with Gasteiger partial charge in [0, 0.05) is 44.6 Å². The van der Waals surface area contributed by atoms with Crippen LogP contribution in [0.5, 0.6) is 5.75 Å². The minimum atomic E-state index is -0.142. The van der Waals surface area contributed by atoms with E-state index >= 15 is 0 Å². The highest BCUT2D eigenvalue weighted by atomic mass is 127. The first-order valence-electron chi connectivity index (χ1n) is 9.73. The van der Waals surface area contributed by atoms with Crippen LogP contribution in [0.15, 0.2) is 53.5 Å². The second-order valence-corrected chi connectivity index (χ2v) is 6.38. The molecule has 0 bridgehead atoms. The Balaban J connectivity index is 0.00000450. The van der Waals surface area contributed by atoms with E-state index in [1.165, 1.54) is 5.56 Å². The van der Waals surface area contributed by atoms with Crippen molar-refractivity contribution in [3.8, 4) is 5.75 Å². The van der Waals surface area contributed by atoms with Gasteiger partial charge in [-0.25, -0.2) is 0 Å². The molecule has 8 heteroatoms. The zero-order valence-electron chi connectivity index (χ0n) is 17.7. The quantitative estimate of drug-likeness (QED) is 0.189. The summed E-state index contributed by atoms with van der Waals surface area (Å²) in [6, 6.07) is 15.4. The van der Waals surface area contributed by atoms with Gasteiger partial charge in [-0.05, 0) is 36.2 Å². The molecule has 2 rings (SSSR count). The van der Waals surface area contributed by atoms with Crippen molar-refractivity contribution >= 4 is 47.2 Å². The summed E-state index contributed by atoms with van der Waals surface area (Å²) in [5.74, 6) is 1.12. The summed E-state index contributed by atoms with van der Waals surface area (Å²) in [4.78, 5) is 16.4. The van der Waals surface area contributed by atoms with Crippen LogP contribution in [0.3, 0.4) is 0 Å². The molecule has 3 N–H and O–H groups in total. The third-order valence-electron chi connectivity index (χ3n) is 4.12. The molecule has 0 aliphatic carbocycles. The monoisotopic (exact) mass is 526 g/mol. The smallest absolute Gasteiger partial charge is 0.243 e.